The lowest BCUT2D eigenvalue weighted by molar-refractivity contribution is -0.141. The number of anilines is 1. The number of nitrogens with zero attached hydrogens (tertiary/aromatic N) is 2. The number of Topliss-reactive ketones (excluding diaryl/α,β-unsaturated/α-hetero) is 1. The van der Waals surface area contributed by atoms with E-state index in [4.69, 9.17) is 11.6 Å². The van der Waals surface area contributed by atoms with Crippen molar-refractivity contribution in [2.24, 2.45) is 0 Å². The zero-order chi connectivity index (χ0) is 22.1. The summed E-state index contributed by atoms with van der Waals surface area (Å²) >= 11 is 5.99. The molecule has 0 aromatic heterocycles. The molecule has 2 aliphatic rings. The van der Waals surface area contributed by atoms with Crippen LogP contribution in [0.2, 0.25) is 5.02 Å². The summed E-state index contributed by atoms with van der Waals surface area (Å²) in [5.74, 6) is -1.31. The Kier molecular flexibility index (Phi) is 6.05. The van der Waals surface area contributed by atoms with Gasteiger partial charge in [-0.1, -0.05) is 43.0 Å². The Labute approximate surface area is 187 Å². The van der Waals surface area contributed by atoms with Crippen molar-refractivity contribution in [3.63, 3.8) is 0 Å². The SMILES string of the molecule is CN(C)c1ccc(C2/C(=C(/O)c3ccc(Cl)cc3)C(=O)C(=O)N2C2CCCCC2)cc1. The first-order valence-corrected chi connectivity index (χ1v) is 11.1. The number of halogens is 1. The topological polar surface area (TPSA) is 60.9 Å². The zero-order valence-electron chi connectivity index (χ0n) is 17.8. The van der Waals surface area contributed by atoms with Gasteiger partial charge in [-0.25, -0.2) is 0 Å². The fourth-order valence-electron chi connectivity index (χ4n) is 4.63. The van der Waals surface area contributed by atoms with Gasteiger partial charge < -0.3 is 14.9 Å². The molecule has 1 saturated heterocycles. The van der Waals surface area contributed by atoms with Gasteiger partial charge >= 0.3 is 0 Å². The molecule has 2 fully saturated rings. The molecular weight excluding hydrogens is 412 g/mol. The van der Waals surface area contributed by atoms with Gasteiger partial charge in [0.15, 0.2) is 0 Å². The van der Waals surface area contributed by atoms with Crippen molar-refractivity contribution in [3.8, 4) is 0 Å². The van der Waals surface area contributed by atoms with Crippen LogP contribution in [0.15, 0.2) is 54.1 Å². The van der Waals surface area contributed by atoms with E-state index in [-0.39, 0.29) is 17.4 Å². The van der Waals surface area contributed by atoms with Crippen molar-refractivity contribution in [1.29, 1.82) is 0 Å². The molecule has 6 heteroatoms. The zero-order valence-corrected chi connectivity index (χ0v) is 18.6. The number of amides is 1. The third-order valence-corrected chi connectivity index (χ3v) is 6.54. The third-order valence-electron chi connectivity index (χ3n) is 6.29. The van der Waals surface area contributed by atoms with Crippen LogP contribution >= 0.6 is 11.6 Å². The normalized spacial score (nSPS) is 21.5. The molecule has 1 amide bonds. The van der Waals surface area contributed by atoms with Gasteiger partial charge in [-0.15, -0.1) is 0 Å². The van der Waals surface area contributed by atoms with E-state index in [1.165, 1.54) is 0 Å². The van der Waals surface area contributed by atoms with E-state index >= 15 is 0 Å². The van der Waals surface area contributed by atoms with E-state index < -0.39 is 17.7 Å². The van der Waals surface area contributed by atoms with Crippen LogP contribution in [0.1, 0.15) is 49.3 Å². The van der Waals surface area contributed by atoms with Gasteiger partial charge in [-0.2, -0.15) is 0 Å². The molecule has 31 heavy (non-hydrogen) atoms. The van der Waals surface area contributed by atoms with Gasteiger partial charge in [-0.3, -0.25) is 9.59 Å². The second-order valence-electron chi connectivity index (χ2n) is 8.49. The maximum absolute atomic E-state index is 13.2. The second kappa shape index (κ2) is 8.75. The Morgan fingerprint density at radius 3 is 2.16 bits per heavy atom. The molecular formula is C25H27ClN2O3. The van der Waals surface area contributed by atoms with Crippen LogP contribution in [-0.2, 0) is 9.59 Å². The quantitative estimate of drug-likeness (QED) is 0.407. The van der Waals surface area contributed by atoms with Crippen molar-refractivity contribution in [3.05, 3.63) is 70.3 Å². The van der Waals surface area contributed by atoms with Gasteiger partial charge in [0.05, 0.1) is 11.6 Å². The third kappa shape index (κ3) is 4.07. The highest BCUT2D eigenvalue weighted by atomic mass is 35.5. The largest absolute Gasteiger partial charge is 0.507 e. The highest BCUT2D eigenvalue weighted by molar-refractivity contribution is 6.46. The number of benzene rings is 2. The maximum atomic E-state index is 13.2. The molecule has 1 aliphatic carbocycles. The molecule has 1 heterocycles. The van der Waals surface area contributed by atoms with Gasteiger partial charge in [0, 0.05) is 36.4 Å². The molecule has 1 saturated carbocycles. The van der Waals surface area contributed by atoms with E-state index in [1.54, 1.807) is 29.2 Å². The molecule has 2 aromatic carbocycles. The molecule has 0 spiro atoms. The summed E-state index contributed by atoms with van der Waals surface area (Å²) in [6.07, 6.45) is 4.97. The van der Waals surface area contributed by atoms with Crippen LogP contribution < -0.4 is 4.90 Å². The van der Waals surface area contributed by atoms with Gasteiger partial charge in [0.25, 0.3) is 11.7 Å². The van der Waals surface area contributed by atoms with Crippen LogP contribution in [0.3, 0.4) is 0 Å². The fourth-order valence-corrected chi connectivity index (χ4v) is 4.76. The Morgan fingerprint density at radius 1 is 0.968 bits per heavy atom. The number of hydrogen-bond donors (Lipinski definition) is 1. The number of aliphatic hydroxyl groups is 1. The molecule has 0 bridgehead atoms. The van der Waals surface area contributed by atoms with Crippen LogP contribution in [0.4, 0.5) is 5.69 Å². The Morgan fingerprint density at radius 2 is 1.58 bits per heavy atom. The molecule has 1 unspecified atom stereocenters. The second-order valence-corrected chi connectivity index (χ2v) is 8.93. The molecule has 1 N–H and O–H groups in total. The lowest BCUT2D eigenvalue weighted by Gasteiger charge is -2.35. The highest BCUT2D eigenvalue weighted by Gasteiger charge is 2.48. The van der Waals surface area contributed by atoms with E-state index in [1.807, 2.05) is 43.3 Å². The minimum absolute atomic E-state index is 0.000701. The number of ketones is 1. The van der Waals surface area contributed by atoms with Crippen LogP contribution in [-0.4, -0.2) is 41.8 Å². The first kappa shape index (κ1) is 21.4. The standard InChI is InChI=1S/C25H27ClN2O3/c1-27(2)19-14-10-16(11-15-19)22-21(23(29)17-8-12-18(26)13-9-17)24(30)25(31)28(22)20-6-4-3-5-7-20/h8-15,20,22,29H,3-7H2,1-2H3/b23-21-. The summed E-state index contributed by atoms with van der Waals surface area (Å²) in [6, 6.07) is 13.9. The smallest absolute Gasteiger partial charge is 0.295 e. The summed E-state index contributed by atoms with van der Waals surface area (Å²) < 4.78 is 0. The summed E-state index contributed by atoms with van der Waals surface area (Å²) in [4.78, 5) is 30.0. The Hall–Kier alpha value is -2.79. The molecule has 1 atom stereocenters. The van der Waals surface area contributed by atoms with Crippen molar-refractivity contribution in [1.82, 2.24) is 4.90 Å². The maximum Gasteiger partial charge on any atom is 0.295 e. The number of likely N-dealkylation sites (tertiary alicyclic amines) is 1. The first-order chi connectivity index (χ1) is 14.9. The van der Waals surface area contributed by atoms with Crippen LogP contribution in [0, 0.1) is 0 Å². The van der Waals surface area contributed by atoms with Crippen molar-refractivity contribution < 1.29 is 14.7 Å². The van der Waals surface area contributed by atoms with Crippen molar-refractivity contribution >= 4 is 34.7 Å². The molecule has 162 valence electrons. The Balaban J connectivity index is 1.85. The number of carbonyl (C=O) groups is 2. The summed E-state index contributed by atoms with van der Waals surface area (Å²) in [5.41, 5.74) is 2.47. The summed E-state index contributed by atoms with van der Waals surface area (Å²) in [6.45, 7) is 0. The van der Waals surface area contributed by atoms with Gasteiger partial charge in [0.1, 0.15) is 5.76 Å². The average molecular weight is 439 g/mol. The lowest BCUT2D eigenvalue weighted by Crippen LogP contribution is -2.40. The van der Waals surface area contributed by atoms with Crippen LogP contribution in [0.25, 0.3) is 5.76 Å². The number of carbonyl (C=O) groups excluding carboxylic acids is 2. The molecule has 1 aliphatic heterocycles. The average Bonchev–Trinajstić information content (AvgIpc) is 3.05. The van der Waals surface area contributed by atoms with Crippen molar-refractivity contribution in [2.75, 3.05) is 19.0 Å². The van der Waals surface area contributed by atoms with E-state index in [2.05, 4.69) is 0 Å². The Bertz CT molecular complexity index is 1010. The van der Waals surface area contributed by atoms with Gasteiger partial charge in [0.2, 0.25) is 0 Å². The van der Waals surface area contributed by atoms with Crippen molar-refractivity contribution in [2.45, 2.75) is 44.2 Å². The molecule has 5 nitrogen and oxygen atoms in total. The van der Waals surface area contributed by atoms with E-state index in [9.17, 15) is 14.7 Å². The minimum Gasteiger partial charge on any atom is -0.507 e. The number of aliphatic hydroxyl groups excluding tert-OH is 1. The predicted octanol–water partition coefficient (Wildman–Crippen LogP) is 5.16. The number of hydrogen-bond acceptors (Lipinski definition) is 4. The molecule has 2 aromatic rings. The predicted molar refractivity (Wildman–Crippen MR) is 123 cm³/mol. The molecule has 0 radical (unpaired) electrons. The monoisotopic (exact) mass is 438 g/mol. The van der Waals surface area contributed by atoms with E-state index in [0.29, 0.717) is 10.6 Å². The highest BCUT2D eigenvalue weighted by Crippen LogP contribution is 2.43. The summed E-state index contributed by atoms with van der Waals surface area (Å²) in [7, 11) is 3.92. The first-order valence-electron chi connectivity index (χ1n) is 10.7. The minimum atomic E-state index is -0.625. The number of rotatable bonds is 4. The summed E-state index contributed by atoms with van der Waals surface area (Å²) in [5, 5.41) is 11.7. The lowest BCUT2D eigenvalue weighted by atomic mass is 9.91. The van der Waals surface area contributed by atoms with E-state index in [0.717, 1.165) is 43.4 Å². The van der Waals surface area contributed by atoms with Gasteiger partial charge in [-0.05, 0) is 54.8 Å². The molecule has 4 rings (SSSR count). The van der Waals surface area contributed by atoms with Crippen LogP contribution in [0.5, 0.6) is 0 Å². The fraction of sp³-hybridized carbons (Fsp3) is 0.360.